The number of carboxylic acids is 1. The monoisotopic (exact) mass is 327 g/mol. The number of nitrogens with zero attached hydrogens (tertiary/aromatic N) is 3. The third-order valence-electron chi connectivity index (χ3n) is 4.04. The molecule has 0 spiro atoms. The van der Waals surface area contributed by atoms with Crippen LogP contribution in [0.3, 0.4) is 0 Å². The summed E-state index contributed by atoms with van der Waals surface area (Å²) >= 11 is 0. The van der Waals surface area contributed by atoms with Crippen LogP contribution < -0.4 is 0 Å². The minimum Gasteiger partial charge on any atom is -0.477 e. The molecule has 1 heterocycles. The predicted molar refractivity (Wildman–Crippen MR) is 92.7 cm³/mol. The van der Waals surface area contributed by atoms with E-state index in [4.69, 9.17) is 0 Å². The molecule has 2 aromatic carbocycles. The van der Waals surface area contributed by atoms with Crippen molar-refractivity contribution in [1.29, 1.82) is 10.5 Å². The van der Waals surface area contributed by atoms with Crippen molar-refractivity contribution in [2.24, 2.45) is 7.05 Å². The van der Waals surface area contributed by atoms with Crippen LogP contribution in [0.2, 0.25) is 0 Å². The van der Waals surface area contributed by atoms with Crippen LogP contribution in [0, 0.1) is 22.7 Å². The lowest BCUT2D eigenvalue weighted by Crippen LogP contribution is -2.05. The van der Waals surface area contributed by atoms with E-state index in [0.717, 1.165) is 11.1 Å². The van der Waals surface area contributed by atoms with Crippen LogP contribution >= 0.6 is 0 Å². The molecule has 0 radical (unpaired) electrons. The second-order valence-electron chi connectivity index (χ2n) is 5.53. The molecule has 1 aromatic heterocycles. The summed E-state index contributed by atoms with van der Waals surface area (Å²) in [5.41, 5.74) is 3.66. The van der Waals surface area contributed by atoms with E-state index >= 15 is 0 Å². The van der Waals surface area contributed by atoms with Gasteiger partial charge in [0.25, 0.3) is 0 Å². The van der Waals surface area contributed by atoms with E-state index in [1.165, 1.54) is 10.8 Å². The number of aryl methyl sites for hydroxylation is 1. The smallest absolute Gasteiger partial charge is 0.353 e. The van der Waals surface area contributed by atoms with E-state index in [1.54, 1.807) is 31.3 Å². The van der Waals surface area contributed by atoms with Crippen molar-refractivity contribution in [2.45, 2.75) is 0 Å². The van der Waals surface area contributed by atoms with Gasteiger partial charge in [0.1, 0.15) is 11.8 Å². The molecule has 3 rings (SSSR count). The van der Waals surface area contributed by atoms with Crippen molar-refractivity contribution in [3.63, 3.8) is 0 Å². The van der Waals surface area contributed by atoms with Crippen LogP contribution in [0.25, 0.3) is 22.3 Å². The summed E-state index contributed by atoms with van der Waals surface area (Å²) in [5, 5.41) is 28.0. The molecule has 25 heavy (non-hydrogen) atoms. The molecule has 0 amide bonds. The van der Waals surface area contributed by atoms with E-state index in [2.05, 4.69) is 6.07 Å². The fraction of sp³-hybridized carbons (Fsp3) is 0.0500. The maximum absolute atomic E-state index is 11.6. The highest BCUT2D eigenvalue weighted by atomic mass is 16.4. The maximum Gasteiger partial charge on any atom is 0.353 e. The Labute approximate surface area is 144 Å². The molecule has 0 saturated carbocycles. The van der Waals surface area contributed by atoms with Crippen molar-refractivity contribution in [2.75, 3.05) is 0 Å². The molecule has 0 fully saturated rings. The number of rotatable bonds is 3. The van der Waals surface area contributed by atoms with Crippen molar-refractivity contribution in [1.82, 2.24) is 4.57 Å². The molecule has 0 aliphatic rings. The highest BCUT2D eigenvalue weighted by Gasteiger charge is 2.21. The van der Waals surface area contributed by atoms with Crippen LogP contribution in [0.15, 0.2) is 54.7 Å². The van der Waals surface area contributed by atoms with Gasteiger partial charge in [0.2, 0.25) is 0 Å². The second kappa shape index (κ2) is 6.35. The molecule has 5 heteroatoms. The molecule has 0 aliphatic heterocycles. The summed E-state index contributed by atoms with van der Waals surface area (Å²) in [7, 11) is 1.60. The summed E-state index contributed by atoms with van der Waals surface area (Å²) in [6, 6.07) is 18.7. The van der Waals surface area contributed by atoms with E-state index < -0.39 is 5.97 Å². The van der Waals surface area contributed by atoms with Gasteiger partial charge < -0.3 is 9.67 Å². The first kappa shape index (κ1) is 16.0. The topological polar surface area (TPSA) is 89.8 Å². The quantitative estimate of drug-likeness (QED) is 0.792. The number of carbonyl (C=O) groups is 1. The fourth-order valence-corrected chi connectivity index (χ4v) is 2.91. The van der Waals surface area contributed by atoms with E-state index in [-0.39, 0.29) is 5.69 Å². The Bertz CT molecular complexity index is 1050. The van der Waals surface area contributed by atoms with Gasteiger partial charge in [-0.15, -0.1) is 0 Å². The molecule has 120 valence electrons. The number of hydrogen-bond acceptors (Lipinski definition) is 3. The van der Waals surface area contributed by atoms with E-state index in [0.29, 0.717) is 22.3 Å². The van der Waals surface area contributed by atoms with Gasteiger partial charge in [0.15, 0.2) is 0 Å². The minimum absolute atomic E-state index is 0.0710. The third kappa shape index (κ3) is 2.75. The fourth-order valence-electron chi connectivity index (χ4n) is 2.91. The lowest BCUT2D eigenvalue weighted by atomic mass is 9.96. The van der Waals surface area contributed by atoms with Crippen molar-refractivity contribution < 1.29 is 9.90 Å². The molecule has 0 saturated heterocycles. The lowest BCUT2D eigenvalue weighted by Gasteiger charge is -2.07. The highest BCUT2D eigenvalue weighted by Crippen LogP contribution is 2.31. The zero-order valence-corrected chi connectivity index (χ0v) is 13.4. The largest absolute Gasteiger partial charge is 0.477 e. The molecule has 3 aromatic rings. The molecular formula is C20H13N3O2. The normalized spacial score (nSPS) is 10.0. The standard InChI is InChI=1S/C20H13N3O2/c1-23-12-16(11-22)18(19(23)20(24)25)14-8-6-13(7-9-14)17-5-3-2-4-15(17)10-21/h2-9,12H,1H3,(H,24,25). The van der Waals surface area contributed by atoms with Gasteiger partial charge in [-0.05, 0) is 22.8 Å². The summed E-state index contributed by atoms with van der Waals surface area (Å²) in [5.74, 6) is -1.09. The number of aromatic carboxylic acids is 1. The number of hydrogen-bond donors (Lipinski definition) is 1. The van der Waals surface area contributed by atoms with Crippen LogP contribution in [0.4, 0.5) is 0 Å². The Morgan fingerprint density at radius 2 is 1.56 bits per heavy atom. The summed E-state index contributed by atoms with van der Waals surface area (Å²) in [4.78, 5) is 11.6. The van der Waals surface area contributed by atoms with Crippen molar-refractivity contribution in [3.8, 4) is 34.4 Å². The first-order valence-electron chi connectivity index (χ1n) is 7.49. The molecule has 0 unspecified atom stereocenters. The average Bonchev–Trinajstić information content (AvgIpc) is 2.98. The van der Waals surface area contributed by atoms with Gasteiger partial charge in [-0.2, -0.15) is 10.5 Å². The Hall–Kier alpha value is -3.83. The van der Waals surface area contributed by atoms with Crippen LogP contribution in [0.1, 0.15) is 21.6 Å². The third-order valence-corrected chi connectivity index (χ3v) is 4.04. The zero-order valence-electron chi connectivity index (χ0n) is 13.4. The maximum atomic E-state index is 11.6. The average molecular weight is 327 g/mol. The molecule has 0 bridgehead atoms. The molecule has 0 atom stereocenters. The molecular weight excluding hydrogens is 314 g/mol. The van der Waals surface area contributed by atoms with Gasteiger partial charge in [0, 0.05) is 18.8 Å². The SMILES string of the molecule is Cn1cc(C#N)c(-c2ccc(-c3ccccc3C#N)cc2)c1C(=O)O. The Balaban J connectivity index is 2.13. The lowest BCUT2D eigenvalue weighted by molar-refractivity contribution is 0.0687. The first-order chi connectivity index (χ1) is 12.1. The van der Waals surface area contributed by atoms with Crippen LogP contribution in [-0.2, 0) is 7.05 Å². The summed E-state index contributed by atoms with van der Waals surface area (Å²) in [6.45, 7) is 0. The number of nitriles is 2. The van der Waals surface area contributed by atoms with Gasteiger partial charge in [0.05, 0.1) is 17.2 Å². The van der Waals surface area contributed by atoms with Crippen molar-refractivity contribution in [3.05, 3.63) is 71.5 Å². The predicted octanol–water partition coefficient (Wildman–Crippen LogP) is 3.80. The molecule has 1 N–H and O–H groups in total. The summed E-state index contributed by atoms with van der Waals surface area (Å²) < 4.78 is 1.44. The Morgan fingerprint density at radius 1 is 0.960 bits per heavy atom. The number of benzene rings is 2. The summed E-state index contributed by atoms with van der Waals surface area (Å²) in [6.07, 6.45) is 1.51. The first-order valence-corrected chi connectivity index (χ1v) is 7.49. The van der Waals surface area contributed by atoms with Gasteiger partial charge in [-0.25, -0.2) is 4.79 Å². The highest BCUT2D eigenvalue weighted by molar-refractivity contribution is 5.97. The van der Waals surface area contributed by atoms with Crippen molar-refractivity contribution >= 4 is 5.97 Å². The van der Waals surface area contributed by atoms with Gasteiger partial charge in [-0.3, -0.25) is 0 Å². The Kier molecular flexibility index (Phi) is 4.07. The second-order valence-corrected chi connectivity index (χ2v) is 5.53. The van der Waals surface area contributed by atoms with Crippen LogP contribution in [0.5, 0.6) is 0 Å². The minimum atomic E-state index is -1.09. The van der Waals surface area contributed by atoms with E-state index in [9.17, 15) is 20.4 Å². The molecule has 0 aliphatic carbocycles. The number of aromatic nitrogens is 1. The Morgan fingerprint density at radius 3 is 2.16 bits per heavy atom. The zero-order chi connectivity index (χ0) is 18.0. The van der Waals surface area contributed by atoms with E-state index in [1.807, 2.05) is 30.3 Å². The van der Waals surface area contributed by atoms with Gasteiger partial charge >= 0.3 is 5.97 Å². The number of carboxylic acid groups (broad SMARTS) is 1. The molecule has 5 nitrogen and oxygen atoms in total. The van der Waals surface area contributed by atoms with Gasteiger partial charge in [-0.1, -0.05) is 42.5 Å². The van der Waals surface area contributed by atoms with Crippen LogP contribution in [-0.4, -0.2) is 15.6 Å².